The molecule has 0 aliphatic carbocycles. The van der Waals surface area contributed by atoms with Crippen molar-refractivity contribution in [3.05, 3.63) is 28.8 Å². The molecule has 0 aliphatic rings. The zero-order chi connectivity index (χ0) is 10.0. The molecule has 1 aromatic rings. The molecule has 0 bridgehead atoms. The van der Waals surface area contributed by atoms with E-state index in [1.54, 1.807) is 7.11 Å². The molecular weight excluding hydrogens is 182 g/mol. The quantitative estimate of drug-likeness (QED) is 0.732. The van der Waals surface area contributed by atoms with Gasteiger partial charge in [-0.05, 0) is 37.1 Å². The highest BCUT2D eigenvalue weighted by molar-refractivity contribution is 7.80. The van der Waals surface area contributed by atoms with Crippen LogP contribution in [0.15, 0.2) is 12.1 Å². The van der Waals surface area contributed by atoms with Gasteiger partial charge in [0.05, 0.1) is 7.11 Å². The van der Waals surface area contributed by atoms with Gasteiger partial charge in [0, 0.05) is 5.56 Å². The number of benzene rings is 1. The molecular formula is C10H13NOS. The second-order valence-electron chi connectivity index (χ2n) is 3.01. The van der Waals surface area contributed by atoms with Gasteiger partial charge in [-0.15, -0.1) is 0 Å². The van der Waals surface area contributed by atoms with Crippen LogP contribution in [0, 0.1) is 13.8 Å². The van der Waals surface area contributed by atoms with Gasteiger partial charge in [0.1, 0.15) is 10.7 Å². The first-order chi connectivity index (χ1) is 6.06. The van der Waals surface area contributed by atoms with E-state index in [0.29, 0.717) is 4.99 Å². The molecule has 0 amide bonds. The first-order valence-electron chi connectivity index (χ1n) is 4.01. The Hall–Kier alpha value is -1.09. The molecule has 70 valence electrons. The van der Waals surface area contributed by atoms with Crippen molar-refractivity contribution in [1.29, 1.82) is 0 Å². The largest absolute Gasteiger partial charge is 0.496 e. The molecule has 0 unspecified atom stereocenters. The maximum atomic E-state index is 5.53. The fraction of sp³-hybridized carbons (Fsp3) is 0.300. The van der Waals surface area contributed by atoms with E-state index < -0.39 is 0 Å². The number of aryl methyl sites for hydroxylation is 2. The van der Waals surface area contributed by atoms with Crippen molar-refractivity contribution in [2.45, 2.75) is 13.8 Å². The molecule has 0 heterocycles. The fourth-order valence-electron chi connectivity index (χ4n) is 1.41. The average Bonchev–Trinajstić information content (AvgIpc) is 2.03. The number of rotatable bonds is 2. The number of hydrogen-bond acceptors (Lipinski definition) is 2. The first kappa shape index (κ1) is 9.99. The summed E-state index contributed by atoms with van der Waals surface area (Å²) >= 11 is 4.90. The van der Waals surface area contributed by atoms with Crippen molar-refractivity contribution in [2.75, 3.05) is 7.11 Å². The third-order valence-electron chi connectivity index (χ3n) is 1.95. The van der Waals surface area contributed by atoms with E-state index in [-0.39, 0.29) is 0 Å². The van der Waals surface area contributed by atoms with Gasteiger partial charge in [0.2, 0.25) is 0 Å². The van der Waals surface area contributed by atoms with Gasteiger partial charge in [-0.1, -0.05) is 12.2 Å². The maximum absolute atomic E-state index is 5.53. The van der Waals surface area contributed by atoms with Gasteiger partial charge < -0.3 is 10.5 Å². The summed E-state index contributed by atoms with van der Waals surface area (Å²) in [5, 5.41) is 0. The Bertz CT molecular complexity index is 324. The molecule has 2 N–H and O–H groups in total. The standard InChI is InChI=1S/C10H13NOS/c1-6-4-8(10(11)13)5-7(2)9(6)12-3/h4-5H,1-3H3,(H2,11,13). The first-order valence-corrected chi connectivity index (χ1v) is 4.42. The minimum atomic E-state index is 0.425. The van der Waals surface area contributed by atoms with Crippen molar-refractivity contribution in [3.63, 3.8) is 0 Å². The molecule has 0 aliphatic heterocycles. The number of ether oxygens (including phenoxy) is 1. The molecule has 1 aromatic carbocycles. The topological polar surface area (TPSA) is 35.2 Å². The Labute approximate surface area is 83.7 Å². The van der Waals surface area contributed by atoms with Crippen LogP contribution in [0.5, 0.6) is 5.75 Å². The van der Waals surface area contributed by atoms with Gasteiger partial charge in [-0.25, -0.2) is 0 Å². The summed E-state index contributed by atoms with van der Waals surface area (Å²) in [6.45, 7) is 3.96. The van der Waals surface area contributed by atoms with Crippen molar-refractivity contribution < 1.29 is 4.74 Å². The van der Waals surface area contributed by atoms with Gasteiger partial charge in [-0.3, -0.25) is 0 Å². The SMILES string of the molecule is COc1c(C)cc(C(N)=S)cc1C. The van der Waals surface area contributed by atoms with Crippen LogP contribution in [0.4, 0.5) is 0 Å². The summed E-state index contributed by atoms with van der Waals surface area (Å²) in [7, 11) is 1.66. The Morgan fingerprint density at radius 3 is 2.08 bits per heavy atom. The zero-order valence-corrected chi connectivity index (χ0v) is 8.87. The predicted molar refractivity (Wildman–Crippen MR) is 58.4 cm³/mol. The minimum Gasteiger partial charge on any atom is -0.496 e. The Morgan fingerprint density at radius 2 is 1.77 bits per heavy atom. The van der Waals surface area contributed by atoms with Crippen LogP contribution in [-0.4, -0.2) is 12.1 Å². The molecule has 0 atom stereocenters. The maximum Gasteiger partial charge on any atom is 0.124 e. The minimum absolute atomic E-state index is 0.425. The van der Waals surface area contributed by atoms with Crippen LogP contribution in [0.3, 0.4) is 0 Å². The molecule has 0 saturated heterocycles. The number of thiocarbonyl (C=S) groups is 1. The lowest BCUT2D eigenvalue weighted by Gasteiger charge is -2.10. The van der Waals surface area contributed by atoms with E-state index in [2.05, 4.69) is 0 Å². The molecule has 0 saturated carbocycles. The number of hydrogen-bond donors (Lipinski definition) is 1. The third-order valence-corrected chi connectivity index (χ3v) is 2.18. The smallest absolute Gasteiger partial charge is 0.124 e. The zero-order valence-electron chi connectivity index (χ0n) is 8.05. The van der Waals surface area contributed by atoms with Crippen molar-refractivity contribution >= 4 is 17.2 Å². The van der Waals surface area contributed by atoms with Crippen LogP contribution in [0.1, 0.15) is 16.7 Å². The molecule has 13 heavy (non-hydrogen) atoms. The van der Waals surface area contributed by atoms with Crippen LogP contribution in [0.2, 0.25) is 0 Å². The molecule has 3 heteroatoms. The summed E-state index contributed by atoms with van der Waals surface area (Å²) in [5.41, 5.74) is 8.55. The summed E-state index contributed by atoms with van der Waals surface area (Å²) < 4.78 is 5.23. The Balaban J connectivity index is 3.28. The number of methoxy groups -OCH3 is 1. The summed E-state index contributed by atoms with van der Waals surface area (Å²) in [5.74, 6) is 0.903. The van der Waals surface area contributed by atoms with Gasteiger partial charge >= 0.3 is 0 Å². The summed E-state index contributed by atoms with van der Waals surface area (Å²) in [6, 6.07) is 3.88. The second kappa shape index (κ2) is 3.75. The predicted octanol–water partition coefficient (Wildman–Crippen LogP) is 1.95. The van der Waals surface area contributed by atoms with Crippen LogP contribution in [0.25, 0.3) is 0 Å². The second-order valence-corrected chi connectivity index (χ2v) is 3.45. The highest BCUT2D eigenvalue weighted by Crippen LogP contribution is 2.23. The van der Waals surface area contributed by atoms with E-state index in [4.69, 9.17) is 22.7 Å². The highest BCUT2D eigenvalue weighted by atomic mass is 32.1. The molecule has 2 nitrogen and oxygen atoms in total. The Kier molecular flexibility index (Phi) is 2.88. The van der Waals surface area contributed by atoms with Crippen molar-refractivity contribution in [1.82, 2.24) is 0 Å². The van der Waals surface area contributed by atoms with E-state index in [0.717, 1.165) is 22.4 Å². The van der Waals surface area contributed by atoms with E-state index in [1.807, 2.05) is 26.0 Å². The lowest BCUT2D eigenvalue weighted by atomic mass is 10.1. The van der Waals surface area contributed by atoms with E-state index in [1.165, 1.54) is 0 Å². The summed E-state index contributed by atoms with van der Waals surface area (Å²) in [4.78, 5) is 0.425. The van der Waals surface area contributed by atoms with Gasteiger partial charge in [0.15, 0.2) is 0 Å². The van der Waals surface area contributed by atoms with Gasteiger partial charge in [0.25, 0.3) is 0 Å². The lowest BCUT2D eigenvalue weighted by Crippen LogP contribution is -2.10. The van der Waals surface area contributed by atoms with Crippen LogP contribution in [-0.2, 0) is 0 Å². The molecule has 0 spiro atoms. The lowest BCUT2D eigenvalue weighted by molar-refractivity contribution is 0.408. The Morgan fingerprint density at radius 1 is 1.31 bits per heavy atom. The highest BCUT2D eigenvalue weighted by Gasteiger charge is 2.05. The van der Waals surface area contributed by atoms with Gasteiger partial charge in [-0.2, -0.15) is 0 Å². The van der Waals surface area contributed by atoms with E-state index >= 15 is 0 Å². The number of nitrogens with two attached hydrogens (primary N) is 1. The normalized spacial score (nSPS) is 9.77. The van der Waals surface area contributed by atoms with Crippen LogP contribution >= 0.6 is 12.2 Å². The van der Waals surface area contributed by atoms with E-state index in [9.17, 15) is 0 Å². The fourth-order valence-corrected chi connectivity index (χ4v) is 1.53. The monoisotopic (exact) mass is 195 g/mol. The summed E-state index contributed by atoms with van der Waals surface area (Å²) in [6.07, 6.45) is 0. The average molecular weight is 195 g/mol. The molecule has 1 rings (SSSR count). The molecule has 0 aromatic heterocycles. The third kappa shape index (κ3) is 1.98. The molecule has 0 fully saturated rings. The van der Waals surface area contributed by atoms with Crippen LogP contribution < -0.4 is 10.5 Å². The van der Waals surface area contributed by atoms with Crippen molar-refractivity contribution in [3.8, 4) is 5.75 Å². The molecule has 0 radical (unpaired) electrons. The van der Waals surface area contributed by atoms with Crippen molar-refractivity contribution in [2.24, 2.45) is 5.73 Å².